The third-order valence-corrected chi connectivity index (χ3v) is 2.49. The van der Waals surface area contributed by atoms with Crippen LogP contribution in [0.25, 0.3) is 0 Å². The highest BCUT2D eigenvalue weighted by Gasteiger charge is 2.16. The minimum Gasteiger partial charge on any atom is -0.384 e. The molecule has 0 aliphatic rings. The van der Waals surface area contributed by atoms with Crippen molar-refractivity contribution < 1.29 is 19.0 Å². The molecule has 1 aromatic carbocycles. The quantitative estimate of drug-likeness (QED) is 0.822. The zero-order chi connectivity index (χ0) is 14.3. The van der Waals surface area contributed by atoms with E-state index in [1.54, 1.807) is 7.05 Å². The van der Waals surface area contributed by atoms with Gasteiger partial charge in [0.2, 0.25) is 0 Å². The van der Waals surface area contributed by atoms with Gasteiger partial charge in [0.15, 0.2) is 0 Å². The molecule has 0 aliphatic carbocycles. The monoisotopic (exact) mass is 265 g/mol. The fourth-order valence-corrected chi connectivity index (χ4v) is 1.44. The molecule has 1 N–H and O–H groups in total. The van der Waals surface area contributed by atoms with Crippen molar-refractivity contribution in [2.24, 2.45) is 0 Å². The Bertz CT molecular complexity index is 505. The van der Waals surface area contributed by atoms with Crippen LogP contribution >= 0.6 is 0 Å². The zero-order valence-electron chi connectivity index (χ0n) is 10.9. The summed E-state index contributed by atoms with van der Waals surface area (Å²) in [4.78, 5) is 13.4. The van der Waals surface area contributed by atoms with E-state index in [4.69, 9.17) is 9.84 Å². The Labute approximate surface area is 111 Å². The normalized spacial score (nSPS) is 9.68. The molecule has 0 heterocycles. The van der Waals surface area contributed by atoms with Gasteiger partial charge in [-0.15, -0.1) is 0 Å². The van der Waals surface area contributed by atoms with Gasteiger partial charge in [0.25, 0.3) is 5.91 Å². The van der Waals surface area contributed by atoms with Crippen LogP contribution in [0.15, 0.2) is 18.2 Å². The predicted molar refractivity (Wildman–Crippen MR) is 69.2 cm³/mol. The van der Waals surface area contributed by atoms with Crippen molar-refractivity contribution in [1.82, 2.24) is 4.90 Å². The van der Waals surface area contributed by atoms with Crippen molar-refractivity contribution in [1.29, 1.82) is 0 Å². The molecule has 19 heavy (non-hydrogen) atoms. The lowest BCUT2D eigenvalue weighted by Gasteiger charge is -2.17. The maximum atomic E-state index is 13.6. The van der Waals surface area contributed by atoms with Crippen molar-refractivity contribution in [3.05, 3.63) is 35.1 Å². The summed E-state index contributed by atoms with van der Waals surface area (Å²) in [6, 6.07) is 4.03. The van der Waals surface area contributed by atoms with Crippen molar-refractivity contribution >= 4 is 5.91 Å². The first-order valence-electron chi connectivity index (χ1n) is 5.73. The maximum absolute atomic E-state index is 13.6. The summed E-state index contributed by atoms with van der Waals surface area (Å²) in [5.41, 5.74) is 0.447. The molecular formula is C14H16FNO3. The molecule has 1 aromatic rings. The van der Waals surface area contributed by atoms with Crippen molar-refractivity contribution in [2.45, 2.75) is 0 Å². The van der Waals surface area contributed by atoms with E-state index in [-0.39, 0.29) is 12.2 Å². The van der Waals surface area contributed by atoms with E-state index in [0.717, 1.165) is 0 Å². The molecule has 0 unspecified atom stereocenters. The molecule has 0 fully saturated rings. The third-order valence-electron chi connectivity index (χ3n) is 2.49. The Morgan fingerprint density at radius 1 is 1.53 bits per heavy atom. The second-order valence-corrected chi connectivity index (χ2v) is 3.87. The molecule has 0 atom stereocenters. The first kappa shape index (κ1) is 15.2. The molecule has 0 saturated carbocycles. The summed E-state index contributed by atoms with van der Waals surface area (Å²) in [6.45, 7) is 0.476. The Morgan fingerprint density at radius 2 is 2.26 bits per heavy atom. The highest BCUT2D eigenvalue weighted by atomic mass is 19.1. The van der Waals surface area contributed by atoms with Crippen LogP contribution < -0.4 is 0 Å². The van der Waals surface area contributed by atoms with Gasteiger partial charge in [-0.05, 0) is 18.2 Å². The molecule has 0 aliphatic heterocycles. The number of methoxy groups -OCH3 is 1. The number of amides is 1. The lowest BCUT2D eigenvalue weighted by molar-refractivity contribution is 0.0739. The molecule has 0 radical (unpaired) electrons. The third kappa shape index (κ3) is 4.36. The number of likely N-dealkylation sites (N-methyl/N-ethyl adjacent to an activating group) is 1. The van der Waals surface area contributed by atoms with Gasteiger partial charge in [-0.1, -0.05) is 11.8 Å². The maximum Gasteiger partial charge on any atom is 0.256 e. The van der Waals surface area contributed by atoms with E-state index in [0.29, 0.717) is 18.7 Å². The Morgan fingerprint density at radius 3 is 2.89 bits per heavy atom. The highest BCUT2D eigenvalue weighted by molar-refractivity contribution is 5.94. The number of rotatable bonds is 4. The van der Waals surface area contributed by atoms with E-state index >= 15 is 0 Å². The highest BCUT2D eigenvalue weighted by Crippen LogP contribution is 2.12. The first-order chi connectivity index (χ1) is 9.10. The van der Waals surface area contributed by atoms with E-state index < -0.39 is 11.7 Å². The van der Waals surface area contributed by atoms with Gasteiger partial charge >= 0.3 is 0 Å². The van der Waals surface area contributed by atoms with Gasteiger partial charge < -0.3 is 14.7 Å². The fourth-order valence-electron chi connectivity index (χ4n) is 1.44. The van der Waals surface area contributed by atoms with Crippen molar-refractivity contribution in [3.8, 4) is 11.8 Å². The van der Waals surface area contributed by atoms with Gasteiger partial charge in [0, 0.05) is 26.3 Å². The minimum atomic E-state index is -0.594. The number of carbonyl (C=O) groups is 1. The van der Waals surface area contributed by atoms with Gasteiger partial charge in [0.1, 0.15) is 12.4 Å². The topological polar surface area (TPSA) is 49.8 Å². The zero-order valence-corrected chi connectivity index (χ0v) is 10.9. The average molecular weight is 265 g/mol. The lowest BCUT2D eigenvalue weighted by Crippen LogP contribution is -2.30. The lowest BCUT2D eigenvalue weighted by atomic mass is 10.1. The number of benzene rings is 1. The van der Waals surface area contributed by atoms with Crippen molar-refractivity contribution in [2.75, 3.05) is 33.9 Å². The molecule has 0 spiro atoms. The number of hydrogen-bond acceptors (Lipinski definition) is 3. The van der Waals surface area contributed by atoms with E-state index in [9.17, 15) is 9.18 Å². The van der Waals surface area contributed by atoms with Gasteiger partial charge in [-0.3, -0.25) is 4.79 Å². The summed E-state index contributed by atoms with van der Waals surface area (Å²) in [6.07, 6.45) is 0. The van der Waals surface area contributed by atoms with Crippen molar-refractivity contribution in [3.63, 3.8) is 0 Å². The number of carbonyl (C=O) groups excluding carboxylic acids is 1. The van der Waals surface area contributed by atoms with E-state index in [1.807, 2.05) is 0 Å². The van der Waals surface area contributed by atoms with Crippen LogP contribution in [0.1, 0.15) is 15.9 Å². The molecular weight excluding hydrogens is 249 g/mol. The van der Waals surface area contributed by atoms with Crippen LogP contribution in [-0.4, -0.2) is 49.8 Å². The Hall–Kier alpha value is -1.90. The standard InChI is InChI=1S/C14H16FNO3/c1-16(7-9-19-2)14(18)12-10-11(4-3-8-17)5-6-13(12)15/h5-6,10,17H,7-9H2,1-2H3. The van der Waals surface area contributed by atoms with Crippen LogP contribution in [-0.2, 0) is 4.74 Å². The average Bonchev–Trinajstić information content (AvgIpc) is 2.43. The summed E-state index contributed by atoms with van der Waals surface area (Å²) in [7, 11) is 3.11. The molecule has 0 aromatic heterocycles. The number of halogens is 1. The van der Waals surface area contributed by atoms with Crippen LogP contribution in [0.5, 0.6) is 0 Å². The van der Waals surface area contributed by atoms with Crippen LogP contribution in [0, 0.1) is 17.7 Å². The van der Waals surface area contributed by atoms with Gasteiger partial charge in [0.05, 0.1) is 12.2 Å². The molecule has 0 saturated heterocycles. The Kier molecular flexibility index (Phi) is 6.00. The number of aliphatic hydroxyl groups is 1. The van der Waals surface area contributed by atoms with Gasteiger partial charge in [-0.25, -0.2) is 4.39 Å². The predicted octanol–water partition coefficient (Wildman–Crippen LogP) is 0.888. The second kappa shape index (κ2) is 7.52. The largest absolute Gasteiger partial charge is 0.384 e. The van der Waals surface area contributed by atoms with Gasteiger partial charge in [-0.2, -0.15) is 0 Å². The Balaban J connectivity index is 2.95. The first-order valence-corrected chi connectivity index (χ1v) is 5.73. The fraction of sp³-hybridized carbons (Fsp3) is 0.357. The summed E-state index contributed by atoms with van der Waals surface area (Å²) in [5, 5.41) is 8.61. The van der Waals surface area contributed by atoms with Crippen LogP contribution in [0.2, 0.25) is 0 Å². The number of aliphatic hydroxyl groups excluding tert-OH is 1. The molecule has 102 valence electrons. The molecule has 1 amide bonds. The SMILES string of the molecule is COCCN(C)C(=O)c1cc(C#CCO)ccc1F. The summed E-state index contributed by atoms with van der Waals surface area (Å²) < 4.78 is 18.5. The minimum absolute atomic E-state index is 0.0386. The van der Waals surface area contributed by atoms with Crippen LogP contribution in [0.4, 0.5) is 4.39 Å². The molecule has 4 nitrogen and oxygen atoms in total. The smallest absolute Gasteiger partial charge is 0.256 e. The number of ether oxygens (including phenoxy) is 1. The molecule has 0 bridgehead atoms. The number of hydrogen-bond donors (Lipinski definition) is 1. The second-order valence-electron chi connectivity index (χ2n) is 3.87. The number of nitrogens with zero attached hydrogens (tertiary/aromatic N) is 1. The summed E-state index contributed by atoms with van der Waals surface area (Å²) >= 11 is 0. The van der Waals surface area contributed by atoms with E-state index in [2.05, 4.69) is 11.8 Å². The summed E-state index contributed by atoms with van der Waals surface area (Å²) in [5.74, 6) is 4.07. The van der Waals surface area contributed by atoms with Crippen LogP contribution in [0.3, 0.4) is 0 Å². The molecule has 1 rings (SSSR count). The molecule has 5 heteroatoms. The van der Waals surface area contributed by atoms with E-state index in [1.165, 1.54) is 30.2 Å².